The van der Waals surface area contributed by atoms with Crippen LogP contribution in [0.1, 0.15) is 76.1 Å². The SMILES string of the molecule is CCOc1ccc(C(=O)CCC(=O)O[C@@H](C)C(=O)c2[nH]c(C)c(C(C)=O)c2C)cc1. The topological polar surface area (TPSA) is 103 Å². The van der Waals surface area contributed by atoms with Crippen LogP contribution < -0.4 is 4.74 Å². The third-order valence-electron chi connectivity index (χ3n) is 4.76. The summed E-state index contributed by atoms with van der Waals surface area (Å²) < 4.78 is 10.5. The second kappa shape index (κ2) is 10.0. The molecule has 0 unspecified atom stereocenters. The third-order valence-corrected chi connectivity index (χ3v) is 4.76. The van der Waals surface area contributed by atoms with Gasteiger partial charge < -0.3 is 14.5 Å². The van der Waals surface area contributed by atoms with E-state index in [9.17, 15) is 19.2 Å². The number of hydrogen-bond acceptors (Lipinski definition) is 6. The highest BCUT2D eigenvalue weighted by atomic mass is 16.5. The van der Waals surface area contributed by atoms with Crippen molar-refractivity contribution in [2.45, 2.75) is 53.6 Å². The first-order chi connectivity index (χ1) is 14.1. The van der Waals surface area contributed by atoms with Crippen molar-refractivity contribution >= 4 is 23.3 Å². The highest BCUT2D eigenvalue weighted by Gasteiger charge is 2.26. The first kappa shape index (κ1) is 23.1. The molecule has 7 heteroatoms. The van der Waals surface area contributed by atoms with Gasteiger partial charge in [0.25, 0.3) is 0 Å². The van der Waals surface area contributed by atoms with Crippen molar-refractivity contribution in [1.29, 1.82) is 0 Å². The molecular weight excluding hydrogens is 386 g/mol. The Labute approximate surface area is 175 Å². The number of nitrogens with one attached hydrogen (secondary N) is 1. The number of hydrogen-bond donors (Lipinski definition) is 1. The predicted molar refractivity (Wildman–Crippen MR) is 111 cm³/mol. The molecule has 2 rings (SSSR count). The number of ketones is 3. The number of aryl methyl sites for hydroxylation is 1. The van der Waals surface area contributed by atoms with Crippen LogP contribution in [0.25, 0.3) is 0 Å². The van der Waals surface area contributed by atoms with E-state index in [0.717, 1.165) is 0 Å². The van der Waals surface area contributed by atoms with Crippen LogP contribution >= 0.6 is 0 Å². The van der Waals surface area contributed by atoms with Crippen molar-refractivity contribution in [1.82, 2.24) is 4.98 Å². The van der Waals surface area contributed by atoms with Gasteiger partial charge in [-0.25, -0.2) is 0 Å². The van der Waals surface area contributed by atoms with Crippen LogP contribution in [0.3, 0.4) is 0 Å². The van der Waals surface area contributed by atoms with Crippen molar-refractivity contribution < 1.29 is 28.7 Å². The molecule has 0 spiro atoms. The van der Waals surface area contributed by atoms with E-state index in [0.29, 0.717) is 34.7 Å². The minimum Gasteiger partial charge on any atom is -0.494 e. The van der Waals surface area contributed by atoms with Crippen molar-refractivity contribution in [2.24, 2.45) is 0 Å². The number of carbonyl (C=O) groups is 4. The zero-order valence-electron chi connectivity index (χ0n) is 18.0. The molecule has 0 aliphatic heterocycles. The van der Waals surface area contributed by atoms with Crippen molar-refractivity contribution in [2.75, 3.05) is 6.61 Å². The minimum atomic E-state index is -1.03. The zero-order chi connectivity index (χ0) is 22.4. The van der Waals surface area contributed by atoms with E-state index >= 15 is 0 Å². The number of benzene rings is 1. The molecule has 0 saturated heterocycles. The molecule has 0 saturated carbocycles. The van der Waals surface area contributed by atoms with Crippen LogP contribution in [-0.2, 0) is 9.53 Å². The fraction of sp³-hybridized carbons (Fsp3) is 0.391. The van der Waals surface area contributed by atoms with E-state index in [-0.39, 0.29) is 30.1 Å². The molecule has 160 valence electrons. The maximum atomic E-state index is 12.6. The molecule has 7 nitrogen and oxygen atoms in total. The molecule has 0 radical (unpaired) electrons. The van der Waals surface area contributed by atoms with Gasteiger partial charge in [-0.2, -0.15) is 0 Å². The van der Waals surface area contributed by atoms with Gasteiger partial charge in [-0.05, 0) is 64.4 Å². The van der Waals surface area contributed by atoms with E-state index in [1.165, 1.54) is 13.8 Å². The van der Waals surface area contributed by atoms with Crippen LogP contribution in [0.4, 0.5) is 0 Å². The van der Waals surface area contributed by atoms with Crippen LogP contribution in [0.5, 0.6) is 5.75 Å². The number of Topliss-reactive ketones (excluding diaryl/α,β-unsaturated/α-hetero) is 3. The summed E-state index contributed by atoms with van der Waals surface area (Å²) in [6.45, 7) is 8.70. The van der Waals surface area contributed by atoms with Gasteiger partial charge >= 0.3 is 5.97 Å². The number of rotatable bonds is 10. The van der Waals surface area contributed by atoms with Crippen LogP contribution in [0, 0.1) is 13.8 Å². The van der Waals surface area contributed by atoms with Crippen molar-refractivity contribution in [3.05, 3.63) is 52.3 Å². The molecule has 1 aromatic carbocycles. The normalized spacial score (nSPS) is 11.6. The van der Waals surface area contributed by atoms with E-state index in [1.807, 2.05) is 6.92 Å². The average Bonchev–Trinajstić information content (AvgIpc) is 3.00. The van der Waals surface area contributed by atoms with E-state index in [2.05, 4.69) is 4.98 Å². The first-order valence-corrected chi connectivity index (χ1v) is 9.85. The van der Waals surface area contributed by atoms with Gasteiger partial charge in [-0.3, -0.25) is 19.2 Å². The Morgan fingerprint density at radius 3 is 2.20 bits per heavy atom. The third kappa shape index (κ3) is 5.43. The summed E-state index contributed by atoms with van der Waals surface area (Å²) in [7, 11) is 0. The number of aromatic nitrogens is 1. The van der Waals surface area contributed by atoms with E-state index in [1.54, 1.807) is 38.1 Å². The molecule has 1 heterocycles. The lowest BCUT2D eigenvalue weighted by Crippen LogP contribution is -2.25. The van der Waals surface area contributed by atoms with E-state index < -0.39 is 17.9 Å². The fourth-order valence-corrected chi connectivity index (χ4v) is 3.30. The second-order valence-electron chi connectivity index (χ2n) is 7.06. The van der Waals surface area contributed by atoms with E-state index in [4.69, 9.17) is 9.47 Å². The first-order valence-electron chi connectivity index (χ1n) is 9.85. The van der Waals surface area contributed by atoms with Crippen LogP contribution in [0.2, 0.25) is 0 Å². The number of esters is 1. The van der Waals surface area contributed by atoms with Gasteiger partial charge in [0.1, 0.15) is 5.75 Å². The summed E-state index contributed by atoms with van der Waals surface area (Å²) in [6, 6.07) is 6.69. The van der Waals surface area contributed by atoms with Gasteiger partial charge in [0.2, 0.25) is 5.78 Å². The lowest BCUT2D eigenvalue weighted by Gasteiger charge is -2.12. The molecule has 1 aromatic heterocycles. The Morgan fingerprint density at radius 2 is 1.67 bits per heavy atom. The molecule has 0 fully saturated rings. The predicted octanol–water partition coefficient (Wildman–Crippen LogP) is 4.01. The Balaban J connectivity index is 1.93. The fourth-order valence-electron chi connectivity index (χ4n) is 3.30. The number of H-pyrrole nitrogens is 1. The highest BCUT2D eigenvalue weighted by Crippen LogP contribution is 2.21. The van der Waals surface area contributed by atoms with Crippen molar-refractivity contribution in [3.63, 3.8) is 0 Å². The lowest BCUT2D eigenvalue weighted by molar-refractivity contribution is -0.146. The van der Waals surface area contributed by atoms with Crippen LogP contribution in [0.15, 0.2) is 24.3 Å². The van der Waals surface area contributed by atoms with Crippen molar-refractivity contribution in [3.8, 4) is 5.75 Å². The maximum Gasteiger partial charge on any atom is 0.306 e. The molecule has 0 aliphatic carbocycles. The molecule has 0 amide bonds. The van der Waals surface area contributed by atoms with Gasteiger partial charge in [0.05, 0.1) is 18.7 Å². The molecule has 1 atom stereocenters. The molecule has 0 aliphatic rings. The summed E-state index contributed by atoms with van der Waals surface area (Å²) in [4.78, 5) is 51.6. The Bertz CT molecular complexity index is 955. The van der Waals surface area contributed by atoms with Gasteiger partial charge in [-0.1, -0.05) is 0 Å². The Morgan fingerprint density at radius 1 is 1.03 bits per heavy atom. The quantitative estimate of drug-likeness (QED) is 0.466. The standard InChI is InChI=1S/C23H27NO6/c1-6-29-18-9-7-17(8-10-18)19(26)11-12-20(27)30-16(5)23(28)22-13(2)21(15(4)25)14(3)24-22/h7-10,16,24H,6,11-12H2,1-5H3/t16-/m0/s1. The Hall–Kier alpha value is -3.22. The van der Waals surface area contributed by atoms with Gasteiger partial charge in [-0.15, -0.1) is 0 Å². The molecule has 1 N–H and O–H groups in total. The monoisotopic (exact) mass is 413 g/mol. The maximum absolute atomic E-state index is 12.6. The average molecular weight is 413 g/mol. The lowest BCUT2D eigenvalue weighted by atomic mass is 10.0. The summed E-state index contributed by atoms with van der Waals surface area (Å²) in [5.41, 5.74) is 2.34. The Kier molecular flexibility index (Phi) is 7.69. The summed E-state index contributed by atoms with van der Waals surface area (Å²) in [5.74, 6) is -0.727. The summed E-state index contributed by atoms with van der Waals surface area (Å²) >= 11 is 0. The number of ether oxygens (including phenoxy) is 2. The molecule has 0 bridgehead atoms. The summed E-state index contributed by atoms with van der Waals surface area (Å²) in [5, 5.41) is 0. The zero-order valence-corrected chi connectivity index (χ0v) is 18.0. The second-order valence-corrected chi connectivity index (χ2v) is 7.06. The molecule has 30 heavy (non-hydrogen) atoms. The van der Waals surface area contributed by atoms with Crippen LogP contribution in [-0.4, -0.2) is 41.0 Å². The largest absolute Gasteiger partial charge is 0.494 e. The highest BCUT2D eigenvalue weighted by molar-refractivity contribution is 6.05. The number of aromatic amines is 1. The molecular formula is C23H27NO6. The smallest absolute Gasteiger partial charge is 0.306 e. The number of carbonyl (C=O) groups excluding carboxylic acids is 4. The summed E-state index contributed by atoms with van der Waals surface area (Å²) in [6.07, 6.45) is -1.19. The molecule has 2 aromatic rings. The minimum absolute atomic E-state index is 0.0250. The van der Waals surface area contributed by atoms with Gasteiger partial charge in [0, 0.05) is 23.2 Å². The van der Waals surface area contributed by atoms with Gasteiger partial charge in [0.15, 0.2) is 17.7 Å².